The van der Waals surface area contributed by atoms with Crippen LogP contribution in [0.25, 0.3) is 11.1 Å². The van der Waals surface area contributed by atoms with Crippen molar-refractivity contribution in [2.45, 2.75) is 38.5 Å². The average molecular weight is 557 g/mol. The van der Waals surface area contributed by atoms with E-state index in [1.54, 1.807) is 43.6 Å². The van der Waals surface area contributed by atoms with Crippen LogP contribution < -0.4 is 21.9 Å². The summed E-state index contributed by atoms with van der Waals surface area (Å²) >= 11 is 6.11. The molecule has 4 aromatic rings. The Kier molecular flexibility index (Phi) is 8.16. The van der Waals surface area contributed by atoms with Crippen molar-refractivity contribution in [1.82, 2.24) is 4.57 Å². The third-order valence-electron chi connectivity index (χ3n) is 6.80. The highest BCUT2D eigenvalue weighted by molar-refractivity contribution is 6.30. The molecular weight excluding hydrogens is 524 g/mol. The van der Waals surface area contributed by atoms with E-state index in [2.05, 4.69) is 31.4 Å². The molecule has 1 unspecified atom stereocenters. The first-order valence-corrected chi connectivity index (χ1v) is 13.3. The van der Waals surface area contributed by atoms with Crippen LogP contribution in [0.2, 0.25) is 0 Å². The van der Waals surface area contributed by atoms with Gasteiger partial charge in [-0.15, -0.1) is 11.6 Å². The van der Waals surface area contributed by atoms with Gasteiger partial charge in [0.1, 0.15) is 11.1 Å². The van der Waals surface area contributed by atoms with E-state index in [-0.39, 0.29) is 16.9 Å². The number of nitrogens with two attached hydrogens (primary N) is 1. The summed E-state index contributed by atoms with van der Waals surface area (Å²) in [6.07, 6.45) is 1.75. The van der Waals surface area contributed by atoms with Crippen molar-refractivity contribution in [2.24, 2.45) is 12.8 Å². The summed E-state index contributed by atoms with van der Waals surface area (Å²) in [5.41, 5.74) is 11.5. The van der Waals surface area contributed by atoms with Crippen LogP contribution in [0.15, 0.2) is 83.8 Å². The van der Waals surface area contributed by atoms with Crippen molar-refractivity contribution in [3.05, 3.63) is 112 Å². The molecule has 0 fully saturated rings. The summed E-state index contributed by atoms with van der Waals surface area (Å²) in [5.74, 6) is -0.849. The summed E-state index contributed by atoms with van der Waals surface area (Å²) in [4.78, 5) is 37.5. The molecule has 0 aliphatic heterocycles. The highest BCUT2D eigenvalue weighted by Crippen LogP contribution is 2.31. The van der Waals surface area contributed by atoms with Crippen LogP contribution in [-0.4, -0.2) is 16.4 Å². The molecule has 1 atom stereocenters. The number of aromatic nitrogens is 1. The predicted molar refractivity (Wildman–Crippen MR) is 162 cm³/mol. The number of benzene rings is 3. The number of halogens is 1. The fourth-order valence-corrected chi connectivity index (χ4v) is 4.58. The van der Waals surface area contributed by atoms with Gasteiger partial charge in [-0.1, -0.05) is 57.2 Å². The van der Waals surface area contributed by atoms with Gasteiger partial charge in [0.05, 0.1) is 0 Å². The maximum Gasteiger partial charge on any atom is 0.274 e. The minimum absolute atomic E-state index is 0.00224. The monoisotopic (exact) mass is 556 g/mol. The number of anilines is 3. The Bertz CT molecular complexity index is 1640. The first kappa shape index (κ1) is 28.6. The number of nitrogens with zero attached hydrogens (tertiary/aromatic N) is 1. The van der Waals surface area contributed by atoms with Crippen molar-refractivity contribution < 1.29 is 9.59 Å². The molecule has 8 heteroatoms. The zero-order chi connectivity index (χ0) is 29.2. The molecule has 0 saturated carbocycles. The quantitative estimate of drug-likeness (QED) is 0.228. The van der Waals surface area contributed by atoms with Gasteiger partial charge in [-0.2, -0.15) is 0 Å². The fraction of sp³-hybridized carbons (Fsp3) is 0.219. The van der Waals surface area contributed by atoms with E-state index in [1.165, 1.54) is 4.57 Å². The molecule has 0 aliphatic carbocycles. The minimum atomic E-state index is -0.979. The largest absolute Gasteiger partial charge is 0.368 e. The second-order valence-corrected chi connectivity index (χ2v) is 11.3. The molecule has 40 heavy (non-hydrogen) atoms. The van der Waals surface area contributed by atoms with Crippen molar-refractivity contribution in [3.8, 4) is 11.1 Å². The molecule has 0 aliphatic rings. The van der Waals surface area contributed by atoms with Crippen molar-refractivity contribution >= 4 is 40.5 Å². The fourth-order valence-electron chi connectivity index (χ4n) is 4.44. The standard InChI is InChI=1S/C32H33ClN4O3/c1-19-25(10-7-11-26(19)36-30(39)20-12-14-23(15-13-20)32(2,3)4)22-17-27(31(40)37(5)18-22)35-24-9-6-8-21(16-24)28(33)29(34)38/h6-18,28,35H,1-5H3,(H2,34,38)(H,36,39). The van der Waals surface area contributed by atoms with Gasteiger partial charge in [0, 0.05) is 35.7 Å². The van der Waals surface area contributed by atoms with Gasteiger partial charge in [-0.05, 0) is 71.0 Å². The molecule has 1 heterocycles. The molecule has 3 aromatic carbocycles. The van der Waals surface area contributed by atoms with Crippen molar-refractivity contribution in [3.63, 3.8) is 0 Å². The van der Waals surface area contributed by atoms with Gasteiger partial charge in [-0.3, -0.25) is 14.4 Å². The number of primary amides is 1. The van der Waals surface area contributed by atoms with Crippen LogP contribution in [0.5, 0.6) is 0 Å². The second kappa shape index (κ2) is 11.4. The lowest BCUT2D eigenvalue weighted by Gasteiger charge is -2.19. The van der Waals surface area contributed by atoms with E-state index in [0.29, 0.717) is 28.2 Å². The molecule has 0 saturated heterocycles. The number of hydrogen-bond donors (Lipinski definition) is 3. The highest BCUT2D eigenvalue weighted by Gasteiger charge is 2.17. The molecule has 7 nitrogen and oxygen atoms in total. The summed E-state index contributed by atoms with van der Waals surface area (Å²) in [5, 5.41) is 5.20. The lowest BCUT2D eigenvalue weighted by Crippen LogP contribution is -2.20. The third-order valence-corrected chi connectivity index (χ3v) is 7.26. The van der Waals surface area contributed by atoms with E-state index in [1.807, 2.05) is 49.4 Å². The number of amides is 2. The third kappa shape index (κ3) is 6.26. The average Bonchev–Trinajstić information content (AvgIpc) is 2.91. The molecule has 206 valence electrons. The molecule has 0 spiro atoms. The minimum Gasteiger partial charge on any atom is -0.368 e. The van der Waals surface area contributed by atoms with Gasteiger partial charge in [0.25, 0.3) is 11.5 Å². The molecule has 4 rings (SSSR count). The maximum atomic E-state index is 13.0. The predicted octanol–water partition coefficient (Wildman–Crippen LogP) is 6.42. The van der Waals surface area contributed by atoms with Gasteiger partial charge in [-0.25, -0.2) is 0 Å². The topological polar surface area (TPSA) is 106 Å². The Morgan fingerprint density at radius 2 is 1.62 bits per heavy atom. The number of rotatable bonds is 7. The lowest BCUT2D eigenvalue weighted by molar-refractivity contribution is -0.117. The number of aryl methyl sites for hydroxylation is 1. The van der Waals surface area contributed by atoms with Crippen LogP contribution in [0.1, 0.15) is 53.2 Å². The number of carbonyl (C=O) groups is 2. The maximum absolute atomic E-state index is 13.0. The number of pyridine rings is 1. The Labute approximate surface area is 239 Å². The summed E-state index contributed by atoms with van der Waals surface area (Å²) in [6, 6.07) is 22.0. The summed E-state index contributed by atoms with van der Waals surface area (Å²) in [6.45, 7) is 8.33. The number of alkyl halides is 1. The van der Waals surface area contributed by atoms with Gasteiger partial charge >= 0.3 is 0 Å². The Balaban J connectivity index is 1.63. The number of hydrogen-bond acceptors (Lipinski definition) is 4. The van der Waals surface area contributed by atoms with E-state index >= 15 is 0 Å². The van der Waals surface area contributed by atoms with Gasteiger partial charge in [0.2, 0.25) is 5.91 Å². The normalized spacial score (nSPS) is 12.1. The van der Waals surface area contributed by atoms with Crippen LogP contribution in [0, 0.1) is 6.92 Å². The number of nitrogens with one attached hydrogen (secondary N) is 2. The Morgan fingerprint density at radius 1 is 0.950 bits per heavy atom. The molecule has 4 N–H and O–H groups in total. The van der Waals surface area contributed by atoms with E-state index in [4.69, 9.17) is 17.3 Å². The molecule has 1 aromatic heterocycles. The van der Waals surface area contributed by atoms with Crippen molar-refractivity contribution in [2.75, 3.05) is 10.6 Å². The van der Waals surface area contributed by atoms with E-state index in [9.17, 15) is 14.4 Å². The molecule has 0 bridgehead atoms. The SMILES string of the molecule is Cc1c(NC(=O)c2ccc(C(C)(C)C)cc2)cccc1-c1cc(Nc2cccc(C(Cl)C(N)=O)c2)c(=O)n(C)c1. The van der Waals surface area contributed by atoms with Crippen molar-refractivity contribution in [1.29, 1.82) is 0 Å². The first-order valence-electron chi connectivity index (χ1n) is 12.9. The zero-order valence-corrected chi connectivity index (χ0v) is 24.0. The summed E-state index contributed by atoms with van der Waals surface area (Å²) < 4.78 is 1.50. The molecule has 0 radical (unpaired) electrons. The zero-order valence-electron chi connectivity index (χ0n) is 23.2. The van der Waals surface area contributed by atoms with Crippen LogP contribution in [-0.2, 0) is 17.3 Å². The Morgan fingerprint density at radius 3 is 2.27 bits per heavy atom. The smallest absolute Gasteiger partial charge is 0.274 e. The highest BCUT2D eigenvalue weighted by atomic mass is 35.5. The second-order valence-electron chi connectivity index (χ2n) is 10.8. The Hall–Kier alpha value is -4.36. The number of carbonyl (C=O) groups excluding carboxylic acids is 2. The van der Waals surface area contributed by atoms with Crippen LogP contribution in [0.4, 0.5) is 17.1 Å². The van der Waals surface area contributed by atoms with Crippen LogP contribution in [0.3, 0.4) is 0 Å². The van der Waals surface area contributed by atoms with Crippen LogP contribution >= 0.6 is 11.6 Å². The molecule has 2 amide bonds. The van der Waals surface area contributed by atoms with Gasteiger partial charge in [0.15, 0.2) is 0 Å². The molecular formula is C32H33ClN4O3. The lowest BCUT2D eigenvalue weighted by atomic mass is 9.86. The van der Waals surface area contributed by atoms with E-state index in [0.717, 1.165) is 22.3 Å². The van der Waals surface area contributed by atoms with E-state index < -0.39 is 11.3 Å². The first-order chi connectivity index (χ1) is 18.8. The summed E-state index contributed by atoms with van der Waals surface area (Å²) in [7, 11) is 1.68. The van der Waals surface area contributed by atoms with Gasteiger partial charge < -0.3 is 20.9 Å².